The maximum Gasteiger partial charge on any atom is 0.281 e. The van der Waals surface area contributed by atoms with Crippen LogP contribution in [0.3, 0.4) is 0 Å². The Bertz CT molecular complexity index is 788. The second-order valence-corrected chi connectivity index (χ2v) is 7.79. The Morgan fingerprint density at radius 3 is 2.40 bits per heavy atom. The second kappa shape index (κ2) is 6.53. The molecule has 0 saturated heterocycles. The van der Waals surface area contributed by atoms with E-state index in [1.54, 1.807) is 6.07 Å². The SMILES string of the molecule is CC(C)Sc1ccc(Oc2cc(F)cc(F)c2)c2c1C(O)C(F)(F)C2. The van der Waals surface area contributed by atoms with E-state index >= 15 is 0 Å². The number of aliphatic hydroxyl groups excluding tert-OH is 1. The Morgan fingerprint density at radius 1 is 1.16 bits per heavy atom. The molecule has 3 rings (SSSR count). The number of halogens is 4. The molecule has 134 valence electrons. The minimum atomic E-state index is -3.32. The van der Waals surface area contributed by atoms with E-state index in [9.17, 15) is 22.7 Å². The maximum atomic E-state index is 14.1. The fourth-order valence-electron chi connectivity index (χ4n) is 2.82. The Balaban J connectivity index is 2.05. The van der Waals surface area contributed by atoms with Crippen LogP contribution in [0.2, 0.25) is 0 Å². The highest BCUT2D eigenvalue weighted by Crippen LogP contribution is 2.51. The molecule has 1 unspecified atom stereocenters. The second-order valence-electron chi connectivity index (χ2n) is 6.17. The molecule has 1 atom stereocenters. The number of hydrogen-bond donors (Lipinski definition) is 1. The summed E-state index contributed by atoms with van der Waals surface area (Å²) in [5, 5.41) is 10.2. The lowest BCUT2D eigenvalue weighted by molar-refractivity contribution is -0.0976. The largest absolute Gasteiger partial charge is 0.457 e. The van der Waals surface area contributed by atoms with E-state index in [1.807, 2.05) is 13.8 Å². The van der Waals surface area contributed by atoms with E-state index in [0.717, 1.165) is 12.1 Å². The molecule has 0 fully saturated rings. The summed E-state index contributed by atoms with van der Waals surface area (Å²) in [6.45, 7) is 3.83. The first-order valence-electron chi connectivity index (χ1n) is 7.69. The predicted molar refractivity (Wildman–Crippen MR) is 87.5 cm³/mol. The van der Waals surface area contributed by atoms with Crippen LogP contribution in [0.15, 0.2) is 35.2 Å². The molecule has 0 aliphatic heterocycles. The molecule has 7 heteroatoms. The fraction of sp³-hybridized carbons (Fsp3) is 0.333. The van der Waals surface area contributed by atoms with Crippen molar-refractivity contribution in [3.8, 4) is 11.5 Å². The molecular weight excluding hydrogens is 356 g/mol. The van der Waals surface area contributed by atoms with Gasteiger partial charge in [0.25, 0.3) is 5.92 Å². The van der Waals surface area contributed by atoms with Gasteiger partial charge >= 0.3 is 0 Å². The molecule has 0 aromatic heterocycles. The highest BCUT2D eigenvalue weighted by atomic mass is 32.2. The van der Waals surface area contributed by atoms with Crippen molar-refractivity contribution in [2.45, 2.75) is 42.4 Å². The molecule has 2 aromatic rings. The van der Waals surface area contributed by atoms with Crippen molar-refractivity contribution < 1.29 is 27.4 Å². The van der Waals surface area contributed by atoms with Crippen molar-refractivity contribution in [3.63, 3.8) is 0 Å². The third-order valence-electron chi connectivity index (χ3n) is 3.79. The molecule has 2 aromatic carbocycles. The van der Waals surface area contributed by atoms with E-state index in [2.05, 4.69) is 0 Å². The molecule has 0 radical (unpaired) electrons. The van der Waals surface area contributed by atoms with E-state index in [0.29, 0.717) is 11.0 Å². The predicted octanol–water partition coefficient (Wildman–Crippen LogP) is 5.48. The molecule has 1 N–H and O–H groups in total. The molecule has 25 heavy (non-hydrogen) atoms. The Labute approximate surface area is 146 Å². The third-order valence-corrected chi connectivity index (χ3v) is 4.87. The van der Waals surface area contributed by atoms with Crippen LogP contribution < -0.4 is 4.74 Å². The van der Waals surface area contributed by atoms with Crippen LogP contribution in [-0.4, -0.2) is 16.3 Å². The minimum absolute atomic E-state index is 0.0596. The summed E-state index contributed by atoms with van der Waals surface area (Å²) in [5.41, 5.74) is 0.283. The molecule has 1 aliphatic carbocycles. The van der Waals surface area contributed by atoms with Gasteiger partial charge in [-0.2, -0.15) is 0 Å². The molecule has 1 aliphatic rings. The summed E-state index contributed by atoms with van der Waals surface area (Å²) in [4.78, 5) is 0.549. The number of alkyl halides is 2. The van der Waals surface area contributed by atoms with Gasteiger partial charge in [-0.25, -0.2) is 17.6 Å². The van der Waals surface area contributed by atoms with E-state index in [4.69, 9.17) is 4.74 Å². The number of ether oxygens (including phenoxy) is 1. The average molecular weight is 372 g/mol. The monoisotopic (exact) mass is 372 g/mol. The summed E-state index contributed by atoms with van der Waals surface area (Å²) in [6.07, 6.45) is -2.63. The van der Waals surface area contributed by atoms with Crippen molar-refractivity contribution in [2.24, 2.45) is 0 Å². The molecule has 0 heterocycles. The van der Waals surface area contributed by atoms with Gasteiger partial charge in [0.15, 0.2) is 0 Å². The zero-order valence-electron chi connectivity index (χ0n) is 13.5. The highest BCUT2D eigenvalue weighted by molar-refractivity contribution is 8.00. The maximum absolute atomic E-state index is 14.1. The van der Waals surface area contributed by atoms with Gasteiger partial charge in [0.05, 0.1) is 0 Å². The number of aliphatic hydroxyl groups is 1. The standard InChI is InChI=1S/C18H16F4O2S/c1-9(2)25-15-4-3-14(13-8-18(21,22)17(23)16(13)15)24-12-6-10(19)5-11(20)7-12/h3-7,9,17,23H,8H2,1-2H3. The lowest BCUT2D eigenvalue weighted by Crippen LogP contribution is -2.21. The Kier molecular flexibility index (Phi) is 4.72. The van der Waals surface area contributed by atoms with Crippen LogP contribution >= 0.6 is 11.8 Å². The number of hydrogen-bond acceptors (Lipinski definition) is 3. The molecule has 2 nitrogen and oxygen atoms in total. The lowest BCUT2D eigenvalue weighted by atomic mass is 10.1. The van der Waals surface area contributed by atoms with Gasteiger partial charge in [-0.3, -0.25) is 0 Å². The van der Waals surface area contributed by atoms with Crippen molar-refractivity contribution in [3.05, 3.63) is 53.1 Å². The van der Waals surface area contributed by atoms with Crippen molar-refractivity contribution in [1.29, 1.82) is 0 Å². The van der Waals surface area contributed by atoms with Crippen molar-refractivity contribution >= 4 is 11.8 Å². The number of thioether (sulfide) groups is 1. The van der Waals surface area contributed by atoms with Crippen LogP contribution in [-0.2, 0) is 6.42 Å². The van der Waals surface area contributed by atoms with Gasteiger partial charge < -0.3 is 9.84 Å². The van der Waals surface area contributed by atoms with E-state index in [1.165, 1.54) is 17.8 Å². The first kappa shape index (κ1) is 18.1. The molecule has 0 saturated carbocycles. The topological polar surface area (TPSA) is 29.5 Å². The quantitative estimate of drug-likeness (QED) is 0.569. The first-order valence-corrected chi connectivity index (χ1v) is 8.57. The van der Waals surface area contributed by atoms with Crippen LogP contribution in [0.1, 0.15) is 31.1 Å². The summed E-state index contributed by atoms with van der Waals surface area (Å²) in [5.74, 6) is -5.05. The lowest BCUT2D eigenvalue weighted by Gasteiger charge is -2.17. The van der Waals surface area contributed by atoms with Gasteiger partial charge in [0.1, 0.15) is 29.2 Å². The zero-order chi connectivity index (χ0) is 18.4. The third kappa shape index (κ3) is 3.62. The van der Waals surface area contributed by atoms with E-state index in [-0.39, 0.29) is 27.9 Å². The van der Waals surface area contributed by atoms with Gasteiger partial charge in [0, 0.05) is 45.9 Å². The van der Waals surface area contributed by atoms with E-state index < -0.39 is 30.1 Å². The average Bonchev–Trinajstić information content (AvgIpc) is 2.71. The van der Waals surface area contributed by atoms with Crippen LogP contribution in [0.25, 0.3) is 0 Å². The Hall–Kier alpha value is -1.73. The van der Waals surface area contributed by atoms with Crippen LogP contribution in [0.5, 0.6) is 11.5 Å². The number of rotatable bonds is 4. The number of benzene rings is 2. The van der Waals surface area contributed by atoms with Gasteiger partial charge in [0.2, 0.25) is 0 Å². The van der Waals surface area contributed by atoms with Gasteiger partial charge in [-0.05, 0) is 12.1 Å². The number of fused-ring (bicyclic) bond motifs is 1. The zero-order valence-corrected chi connectivity index (χ0v) is 14.3. The van der Waals surface area contributed by atoms with Crippen molar-refractivity contribution in [1.82, 2.24) is 0 Å². The molecule has 0 spiro atoms. The highest BCUT2D eigenvalue weighted by Gasteiger charge is 2.49. The minimum Gasteiger partial charge on any atom is -0.457 e. The normalized spacial score (nSPS) is 18.5. The molecular formula is C18H16F4O2S. The summed E-state index contributed by atoms with van der Waals surface area (Å²) < 4.78 is 60.2. The summed E-state index contributed by atoms with van der Waals surface area (Å²) in [6, 6.07) is 5.70. The Morgan fingerprint density at radius 2 is 1.80 bits per heavy atom. The summed E-state index contributed by atoms with van der Waals surface area (Å²) in [7, 11) is 0. The first-order chi connectivity index (χ1) is 11.7. The molecule has 0 amide bonds. The van der Waals surface area contributed by atoms with Crippen molar-refractivity contribution in [2.75, 3.05) is 0 Å². The fourth-order valence-corrected chi connectivity index (χ4v) is 3.83. The molecule has 0 bridgehead atoms. The van der Waals surface area contributed by atoms with Gasteiger partial charge in [-0.1, -0.05) is 13.8 Å². The summed E-state index contributed by atoms with van der Waals surface area (Å²) >= 11 is 1.36. The van der Waals surface area contributed by atoms with Gasteiger partial charge in [-0.15, -0.1) is 11.8 Å². The van der Waals surface area contributed by atoms with Crippen LogP contribution in [0.4, 0.5) is 17.6 Å². The smallest absolute Gasteiger partial charge is 0.281 e. The van der Waals surface area contributed by atoms with Crippen LogP contribution in [0, 0.1) is 11.6 Å².